The Morgan fingerprint density at radius 2 is 1.81 bits per heavy atom. The van der Waals surface area contributed by atoms with Crippen LogP contribution in [-0.4, -0.2) is 51.9 Å². The fourth-order valence-electron chi connectivity index (χ4n) is 4.82. The number of nitrogens with zero attached hydrogens (tertiary/aromatic N) is 4. The number of halogens is 3. The van der Waals surface area contributed by atoms with E-state index in [1.54, 1.807) is 24.8 Å². The van der Waals surface area contributed by atoms with Crippen LogP contribution in [0.2, 0.25) is 0 Å². The molecular weight excluding hydrogens is 491 g/mol. The Bertz CT molecular complexity index is 1150. The fourth-order valence-corrected chi connectivity index (χ4v) is 5.59. The van der Waals surface area contributed by atoms with Crippen LogP contribution in [0, 0.1) is 0 Å². The summed E-state index contributed by atoms with van der Waals surface area (Å²) in [6.07, 6.45) is 2.50. The zero-order chi connectivity index (χ0) is 25.5. The van der Waals surface area contributed by atoms with Crippen molar-refractivity contribution in [1.82, 2.24) is 20.2 Å². The van der Waals surface area contributed by atoms with Crippen LogP contribution in [0.3, 0.4) is 0 Å². The zero-order valence-electron chi connectivity index (χ0n) is 20.1. The molecule has 1 aromatic heterocycles. The fraction of sp³-hybridized carbons (Fsp3) is 0.480. The highest BCUT2D eigenvalue weighted by molar-refractivity contribution is 8.03. The van der Waals surface area contributed by atoms with E-state index in [4.69, 9.17) is 4.74 Å². The van der Waals surface area contributed by atoms with E-state index in [0.29, 0.717) is 16.9 Å². The first-order valence-corrected chi connectivity index (χ1v) is 12.9. The van der Waals surface area contributed by atoms with Crippen molar-refractivity contribution in [3.05, 3.63) is 58.6 Å². The van der Waals surface area contributed by atoms with Crippen LogP contribution in [-0.2, 0) is 6.18 Å². The summed E-state index contributed by atoms with van der Waals surface area (Å²) in [5.41, 5.74) is 1.45. The third-order valence-electron chi connectivity index (χ3n) is 7.01. The van der Waals surface area contributed by atoms with Gasteiger partial charge in [-0.3, -0.25) is 4.79 Å². The molecular formula is C25H28F3N5O2S. The van der Waals surface area contributed by atoms with Gasteiger partial charge in [-0.15, -0.1) is 11.8 Å². The van der Waals surface area contributed by atoms with Crippen LogP contribution >= 0.6 is 11.8 Å². The quantitative estimate of drug-likeness (QED) is 0.578. The summed E-state index contributed by atoms with van der Waals surface area (Å²) in [7, 11) is 0. The lowest BCUT2D eigenvalue weighted by Crippen LogP contribution is -2.55. The average molecular weight is 520 g/mol. The maximum atomic E-state index is 13.3. The maximum absolute atomic E-state index is 13.3. The number of carbonyl (C=O) groups excluding carboxylic acids is 1. The van der Waals surface area contributed by atoms with E-state index in [1.165, 1.54) is 4.91 Å². The van der Waals surface area contributed by atoms with Gasteiger partial charge in [0.25, 0.3) is 5.91 Å². The number of hydrogen-bond donors (Lipinski definition) is 1. The lowest BCUT2D eigenvalue weighted by atomic mass is 9.83. The van der Waals surface area contributed by atoms with Crippen molar-refractivity contribution in [2.75, 3.05) is 30.4 Å². The number of hydrogen-bond acceptors (Lipinski definition) is 7. The molecule has 7 nitrogen and oxygen atoms in total. The van der Waals surface area contributed by atoms with Gasteiger partial charge in [0.1, 0.15) is 11.4 Å². The molecule has 0 unspecified atom stereocenters. The van der Waals surface area contributed by atoms with Crippen molar-refractivity contribution in [3.63, 3.8) is 0 Å². The van der Waals surface area contributed by atoms with E-state index in [9.17, 15) is 18.0 Å². The van der Waals surface area contributed by atoms with E-state index < -0.39 is 18.0 Å². The van der Waals surface area contributed by atoms with Crippen molar-refractivity contribution >= 4 is 23.4 Å². The number of benzene rings is 1. The van der Waals surface area contributed by atoms with Crippen LogP contribution in [0.15, 0.2) is 41.7 Å². The number of nitrogens with one attached hydrogen (secondary N) is 1. The molecule has 4 aliphatic heterocycles. The van der Waals surface area contributed by atoms with E-state index in [-0.39, 0.29) is 11.5 Å². The number of ether oxygens (including phenoxy) is 1. The molecule has 1 N–H and O–H groups in total. The smallest absolute Gasteiger partial charge is 0.451 e. The second-order valence-electron chi connectivity index (χ2n) is 9.61. The molecule has 6 rings (SSSR count). The predicted octanol–water partition coefficient (Wildman–Crippen LogP) is 4.98. The second-order valence-corrected chi connectivity index (χ2v) is 10.8. The number of fused-ring (bicyclic) bond motifs is 3. The number of rotatable bonds is 6. The molecule has 0 radical (unpaired) electrons. The molecule has 0 spiro atoms. The first kappa shape index (κ1) is 24.9. The van der Waals surface area contributed by atoms with Crippen molar-refractivity contribution in [1.29, 1.82) is 0 Å². The number of piperidine rings is 3. The van der Waals surface area contributed by atoms with Crippen LogP contribution in [0.4, 0.5) is 18.9 Å². The first-order valence-electron chi connectivity index (χ1n) is 11.9. The van der Waals surface area contributed by atoms with E-state index in [0.717, 1.165) is 62.9 Å². The lowest BCUT2D eigenvalue weighted by Gasteiger charge is -2.48. The minimum Gasteiger partial charge on any atom is -0.487 e. The highest BCUT2D eigenvalue weighted by atomic mass is 32.2. The zero-order valence-corrected chi connectivity index (χ0v) is 21.0. The summed E-state index contributed by atoms with van der Waals surface area (Å²) >= 11 is 1.72. The first-order chi connectivity index (χ1) is 17.1. The predicted molar refractivity (Wildman–Crippen MR) is 132 cm³/mol. The monoisotopic (exact) mass is 519 g/mol. The minimum atomic E-state index is -4.61. The van der Waals surface area contributed by atoms with Gasteiger partial charge in [0.2, 0.25) is 5.82 Å². The SMILES string of the molecule is CC1=CN(c2cc(OC34CCN(CC3)CC4)cc(C(=O)N[C@H](C)c3cnc(C(F)(F)F)nc3)c2)CS1. The summed E-state index contributed by atoms with van der Waals surface area (Å²) in [5, 5.41) is 2.86. The van der Waals surface area contributed by atoms with Crippen LogP contribution in [0.1, 0.15) is 60.9 Å². The van der Waals surface area contributed by atoms with Gasteiger partial charge in [0.05, 0.1) is 11.9 Å². The van der Waals surface area contributed by atoms with Gasteiger partial charge < -0.3 is 19.9 Å². The highest BCUT2D eigenvalue weighted by Gasteiger charge is 2.41. The van der Waals surface area contributed by atoms with Gasteiger partial charge in [-0.05, 0) is 50.1 Å². The van der Waals surface area contributed by atoms with E-state index in [1.807, 2.05) is 25.3 Å². The maximum Gasteiger partial charge on any atom is 0.451 e. The summed E-state index contributed by atoms with van der Waals surface area (Å²) < 4.78 is 45.0. The highest BCUT2D eigenvalue weighted by Crippen LogP contribution is 2.39. The molecule has 4 aliphatic rings. The Morgan fingerprint density at radius 3 is 2.39 bits per heavy atom. The van der Waals surface area contributed by atoms with Gasteiger partial charge in [-0.25, -0.2) is 9.97 Å². The standard InChI is InChI=1S/C25H28F3N5O2S/c1-16-14-33(15-36-16)20-9-18(10-21(11-20)35-24-3-6-32(7-4-24)8-5-24)22(34)31-17(2)19-12-29-23(30-13-19)25(26,27)28/h9-14,17H,3-8,15H2,1-2H3,(H,31,34)/t17-/m1/s1. The summed E-state index contributed by atoms with van der Waals surface area (Å²) in [4.78, 5) is 25.8. The Hall–Kier alpha value is -2.79. The van der Waals surface area contributed by atoms with E-state index in [2.05, 4.69) is 25.1 Å². The number of carbonyl (C=O) groups is 1. The number of alkyl halides is 3. The molecule has 3 fully saturated rings. The molecule has 0 saturated carbocycles. The van der Waals surface area contributed by atoms with Crippen LogP contribution < -0.4 is 15.0 Å². The molecule has 0 aliphatic carbocycles. The van der Waals surface area contributed by atoms with Crippen molar-refractivity contribution in [2.24, 2.45) is 0 Å². The molecule has 3 saturated heterocycles. The molecule has 1 atom stereocenters. The molecule has 5 heterocycles. The van der Waals surface area contributed by atoms with Gasteiger partial charge in [0.15, 0.2) is 0 Å². The topological polar surface area (TPSA) is 70.6 Å². The molecule has 1 amide bonds. The largest absolute Gasteiger partial charge is 0.487 e. The average Bonchev–Trinajstić information content (AvgIpc) is 3.30. The van der Waals surface area contributed by atoms with Gasteiger partial charge in [0, 0.05) is 61.1 Å². The van der Waals surface area contributed by atoms with Crippen molar-refractivity contribution in [2.45, 2.75) is 50.9 Å². The Morgan fingerprint density at radius 1 is 1.14 bits per heavy atom. The van der Waals surface area contributed by atoms with Crippen LogP contribution in [0.5, 0.6) is 5.75 Å². The second kappa shape index (κ2) is 9.59. The number of thioether (sulfide) groups is 1. The molecule has 11 heteroatoms. The van der Waals surface area contributed by atoms with Crippen LogP contribution in [0.25, 0.3) is 0 Å². The number of amides is 1. The molecule has 2 aromatic rings. The van der Waals surface area contributed by atoms with Gasteiger partial charge in [-0.1, -0.05) is 0 Å². The molecule has 1 aromatic carbocycles. The Kier molecular flexibility index (Phi) is 6.63. The number of anilines is 1. The number of allylic oxidation sites excluding steroid dienone is 1. The molecule has 192 valence electrons. The molecule has 36 heavy (non-hydrogen) atoms. The summed E-state index contributed by atoms with van der Waals surface area (Å²) in [6.45, 7) is 6.78. The summed E-state index contributed by atoms with van der Waals surface area (Å²) in [6, 6.07) is 4.97. The lowest BCUT2D eigenvalue weighted by molar-refractivity contribution is -0.145. The summed E-state index contributed by atoms with van der Waals surface area (Å²) in [5.74, 6) is -0.159. The molecule has 2 bridgehead atoms. The van der Waals surface area contributed by atoms with E-state index >= 15 is 0 Å². The Labute approximate surface area is 212 Å². The van der Waals surface area contributed by atoms with Gasteiger partial charge in [-0.2, -0.15) is 13.2 Å². The minimum absolute atomic E-state index is 0.211. The van der Waals surface area contributed by atoms with Crippen molar-refractivity contribution in [3.8, 4) is 5.75 Å². The van der Waals surface area contributed by atoms with Gasteiger partial charge >= 0.3 is 6.18 Å². The normalized spacial score (nSPS) is 24.4. The number of aromatic nitrogens is 2. The third kappa shape index (κ3) is 5.31. The third-order valence-corrected chi connectivity index (χ3v) is 7.98. The van der Waals surface area contributed by atoms with Crippen molar-refractivity contribution < 1.29 is 22.7 Å². The Balaban J connectivity index is 1.38.